The van der Waals surface area contributed by atoms with Crippen molar-refractivity contribution in [2.75, 3.05) is 14.2 Å². The van der Waals surface area contributed by atoms with Crippen LogP contribution in [0.3, 0.4) is 0 Å². The predicted molar refractivity (Wildman–Crippen MR) is 69.3 cm³/mol. The second-order valence-electron chi connectivity index (χ2n) is 5.16. The van der Waals surface area contributed by atoms with Crippen LogP contribution in [0.1, 0.15) is 53.3 Å². The van der Waals surface area contributed by atoms with Crippen molar-refractivity contribution in [2.24, 2.45) is 5.92 Å². The van der Waals surface area contributed by atoms with E-state index in [0.29, 0.717) is 0 Å². The van der Waals surface area contributed by atoms with Gasteiger partial charge in [0, 0.05) is 24.4 Å². The summed E-state index contributed by atoms with van der Waals surface area (Å²) in [5.74, 6) is 1.46. The second-order valence-corrected chi connectivity index (χ2v) is 6.27. The molecule has 0 saturated heterocycles. The maximum absolute atomic E-state index is 5.63. The molecule has 1 heterocycles. The number of hydrogen-bond acceptors (Lipinski definition) is 4. The summed E-state index contributed by atoms with van der Waals surface area (Å²) in [4.78, 5) is 6.30. The van der Waals surface area contributed by atoms with Crippen molar-refractivity contribution in [3.8, 4) is 0 Å². The van der Waals surface area contributed by atoms with E-state index in [1.54, 1.807) is 0 Å². The minimum atomic E-state index is 0.253. The molecule has 4 heteroatoms. The Morgan fingerprint density at radius 3 is 2.71 bits per heavy atom. The number of thiazole rings is 1. The molecule has 1 atom stereocenters. The third-order valence-corrected chi connectivity index (χ3v) is 4.73. The maximum atomic E-state index is 5.63. The molecule has 0 bridgehead atoms. The zero-order valence-electron chi connectivity index (χ0n) is 10.5. The van der Waals surface area contributed by atoms with E-state index >= 15 is 0 Å². The Bertz CT molecular complexity index is 396. The van der Waals surface area contributed by atoms with Gasteiger partial charge in [0.1, 0.15) is 11.1 Å². The zero-order chi connectivity index (χ0) is 11.8. The predicted octanol–water partition coefficient (Wildman–Crippen LogP) is 2.84. The smallest absolute Gasteiger partial charge is 0.122 e. The number of rotatable bonds is 6. The van der Waals surface area contributed by atoms with Crippen LogP contribution >= 0.6 is 11.3 Å². The van der Waals surface area contributed by atoms with Crippen LogP contribution in [-0.4, -0.2) is 19.1 Å². The molecule has 0 amide bonds. The minimum Gasteiger partial charge on any atom is -0.374 e. The standard InChI is InChI=1S/C13H20N2OS/c1-14-7-10-11(8-3-4-8)15-13(17-10)12(16-2)9-5-6-9/h8-9,12,14H,3-7H2,1-2H3. The van der Waals surface area contributed by atoms with Gasteiger partial charge in [0.25, 0.3) is 0 Å². The molecule has 1 N–H and O–H groups in total. The molecule has 2 aliphatic rings. The lowest BCUT2D eigenvalue weighted by molar-refractivity contribution is 0.0842. The van der Waals surface area contributed by atoms with Gasteiger partial charge >= 0.3 is 0 Å². The van der Waals surface area contributed by atoms with E-state index < -0.39 is 0 Å². The van der Waals surface area contributed by atoms with E-state index in [0.717, 1.165) is 18.4 Å². The molecule has 1 aromatic rings. The van der Waals surface area contributed by atoms with Gasteiger partial charge in [0.15, 0.2) is 0 Å². The molecule has 2 aliphatic carbocycles. The van der Waals surface area contributed by atoms with Crippen molar-refractivity contribution in [3.05, 3.63) is 15.6 Å². The Morgan fingerprint density at radius 1 is 1.41 bits per heavy atom. The Kier molecular flexibility index (Phi) is 3.19. The first-order chi connectivity index (χ1) is 8.33. The minimum absolute atomic E-state index is 0.253. The molecule has 0 radical (unpaired) electrons. The lowest BCUT2D eigenvalue weighted by Crippen LogP contribution is -2.05. The third-order valence-electron chi connectivity index (χ3n) is 3.59. The molecule has 2 saturated carbocycles. The summed E-state index contributed by atoms with van der Waals surface area (Å²) in [5.41, 5.74) is 1.35. The van der Waals surface area contributed by atoms with Gasteiger partial charge < -0.3 is 10.1 Å². The fraction of sp³-hybridized carbons (Fsp3) is 0.769. The van der Waals surface area contributed by atoms with Crippen molar-refractivity contribution < 1.29 is 4.74 Å². The molecule has 3 rings (SSSR count). The Morgan fingerprint density at radius 2 is 2.18 bits per heavy atom. The summed E-state index contributed by atoms with van der Waals surface area (Å²) in [6.07, 6.45) is 5.50. The highest BCUT2D eigenvalue weighted by Crippen LogP contribution is 2.47. The third kappa shape index (κ3) is 2.39. The lowest BCUT2D eigenvalue weighted by atomic mass is 10.2. The highest BCUT2D eigenvalue weighted by Gasteiger charge is 2.37. The number of aromatic nitrogens is 1. The monoisotopic (exact) mass is 252 g/mol. The van der Waals surface area contributed by atoms with E-state index in [-0.39, 0.29) is 6.10 Å². The molecule has 0 aliphatic heterocycles. The zero-order valence-corrected chi connectivity index (χ0v) is 11.3. The first-order valence-electron chi connectivity index (χ1n) is 6.50. The molecular weight excluding hydrogens is 232 g/mol. The van der Waals surface area contributed by atoms with Gasteiger partial charge in [-0.15, -0.1) is 11.3 Å². The van der Waals surface area contributed by atoms with Crippen molar-refractivity contribution in [3.63, 3.8) is 0 Å². The van der Waals surface area contributed by atoms with E-state index in [9.17, 15) is 0 Å². The highest BCUT2D eigenvalue weighted by molar-refractivity contribution is 7.11. The van der Waals surface area contributed by atoms with Crippen LogP contribution in [0.5, 0.6) is 0 Å². The Hall–Kier alpha value is -0.450. The van der Waals surface area contributed by atoms with E-state index in [1.807, 2.05) is 25.5 Å². The molecular formula is C13H20N2OS. The van der Waals surface area contributed by atoms with Crippen molar-refractivity contribution in [2.45, 2.75) is 44.2 Å². The van der Waals surface area contributed by atoms with Crippen LogP contribution in [0.25, 0.3) is 0 Å². The van der Waals surface area contributed by atoms with Crippen LogP contribution in [0.2, 0.25) is 0 Å². The summed E-state index contributed by atoms with van der Waals surface area (Å²) in [6.45, 7) is 0.949. The number of hydrogen-bond donors (Lipinski definition) is 1. The van der Waals surface area contributed by atoms with Crippen LogP contribution in [-0.2, 0) is 11.3 Å². The molecule has 3 nitrogen and oxygen atoms in total. The van der Waals surface area contributed by atoms with Crippen LogP contribution < -0.4 is 5.32 Å². The molecule has 17 heavy (non-hydrogen) atoms. The summed E-state index contributed by atoms with van der Waals surface area (Å²) in [6, 6.07) is 0. The van der Waals surface area contributed by atoms with Crippen LogP contribution in [0.4, 0.5) is 0 Å². The van der Waals surface area contributed by atoms with Gasteiger partial charge in [-0.3, -0.25) is 0 Å². The molecule has 0 spiro atoms. The average molecular weight is 252 g/mol. The van der Waals surface area contributed by atoms with Gasteiger partial charge in [-0.25, -0.2) is 4.98 Å². The number of nitrogens with zero attached hydrogens (tertiary/aromatic N) is 1. The number of methoxy groups -OCH3 is 1. The van der Waals surface area contributed by atoms with Crippen LogP contribution in [0, 0.1) is 5.92 Å². The summed E-state index contributed by atoms with van der Waals surface area (Å²) in [7, 11) is 3.82. The number of nitrogens with one attached hydrogen (secondary N) is 1. The maximum Gasteiger partial charge on any atom is 0.122 e. The first-order valence-corrected chi connectivity index (χ1v) is 7.32. The molecule has 1 aromatic heterocycles. The lowest BCUT2D eigenvalue weighted by Gasteiger charge is -2.10. The quantitative estimate of drug-likeness (QED) is 0.845. The first kappa shape index (κ1) is 11.6. The summed E-state index contributed by atoms with van der Waals surface area (Å²) >= 11 is 1.85. The average Bonchev–Trinajstić information content (AvgIpc) is 3.21. The largest absolute Gasteiger partial charge is 0.374 e. The Labute approximate surface area is 107 Å². The second kappa shape index (κ2) is 4.67. The SMILES string of the molecule is CNCc1sc(C(OC)C2CC2)nc1C1CC1. The van der Waals surface area contributed by atoms with Crippen molar-refractivity contribution in [1.29, 1.82) is 0 Å². The molecule has 1 unspecified atom stereocenters. The van der Waals surface area contributed by atoms with Gasteiger partial charge in [-0.05, 0) is 38.6 Å². The highest BCUT2D eigenvalue weighted by atomic mass is 32.1. The van der Waals surface area contributed by atoms with Crippen molar-refractivity contribution >= 4 is 11.3 Å². The fourth-order valence-electron chi connectivity index (χ4n) is 2.36. The van der Waals surface area contributed by atoms with E-state index in [1.165, 1.54) is 41.3 Å². The molecule has 0 aromatic carbocycles. The van der Waals surface area contributed by atoms with E-state index in [4.69, 9.17) is 9.72 Å². The topological polar surface area (TPSA) is 34.1 Å². The summed E-state index contributed by atoms with van der Waals surface area (Å²) < 4.78 is 5.63. The molecule has 2 fully saturated rings. The van der Waals surface area contributed by atoms with Gasteiger partial charge in [0.2, 0.25) is 0 Å². The number of ether oxygens (including phenoxy) is 1. The normalized spacial score (nSPS) is 21.8. The van der Waals surface area contributed by atoms with Crippen molar-refractivity contribution in [1.82, 2.24) is 10.3 Å². The van der Waals surface area contributed by atoms with Gasteiger partial charge in [0.05, 0.1) is 5.69 Å². The van der Waals surface area contributed by atoms with Crippen LogP contribution in [0.15, 0.2) is 0 Å². The van der Waals surface area contributed by atoms with E-state index in [2.05, 4.69) is 5.32 Å². The molecule has 94 valence electrons. The van der Waals surface area contributed by atoms with Gasteiger partial charge in [-0.2, -0.15) is 0 Å². The Balaban J connectivity index is 1.85. The van der Waals surface area contributed by atoms with Gasteiger partial charge in [-0.1, -0.05) is 0 Å². The fourth-order valence-corrected chi connectivity index (χ4v) is 3.70. The summed E-state index contributed by atoms with van der Waals surface area (Å²) in [5, 5.41) is 4.46.